The van der Waals surface area contributed by atoms with Crippen LogP contribution in [0.4, 0.5) is 5.69 Å². The Morgan fingerprint density at radius 1 is 1.17 bits per heavy atom. The monoisotopic (exact) mass is 325 g/mol. The molecule has 5 nitrogen and oxygen atoms in total. The molecule has 0 atom stereocenters. The van der Waals surface area contributed by atoms with E-state index in [4.69, 9.17) is 9.47 Å². The molecule has 0 aliphatic carbocycles. The molecule has 0 radical (unpaired) electrons. The van der Waals surface area contributed by atoms with E-state index in [1.807, 2.05) is 43.3 Å². The number of hydrogen-bond acceptors (Lipinski definition) is 4. The molecule has 2 aromatic carbocycles. The van der Waals surface area contributed by atoms with Crippen LogP contribution in [0, 0.1) is 0 Å². The number of amides is 1. The van der Waals surface area contributed by atoms with Gasteiger partial charge >= 0.3 is 5.97 Å². The van der Waals surface area contributed by atoms with Crippen molar-refractivity contribution in [3.8, 4) is 5.75 Å². The summed E-state index contributed by atoms with van der Waals surface area (Å²) < 4.78 is 10.5. The van der Waals surface area contributed by atoms with Gasteiger partial charge in [0.1, 0.15) is 5.75 Å². The van der Waals surface area contributed by atoms with E-state index >= 15 is 0 Å². The Balaban J connectivity index is 1.74. The van der Waals surface area contributed by atoms with Crippen LogP contribution in [0.25, 0.3) is 0 Å². The van der Waals surface area contributed by atoms with Crippen molar-refractivity contribution in [2.45, 2.75) is 19.9 Å². The predicted octanol–water partition coefficient (Wildman–Crippen LogP) is 3.18. The van der Waals surface area contributed by atoms with Crippen molar-refractivity contribution < 1.29 is 19.1 Å². The Hall–Kier alpha value is -2.82. The number of fused-ring (bicyclic) bond motifs is 1. The molecule has 0 unspecified atom stereocenters. The highest BCUT2D eigenvalue weighted by molar-refractivity contribution is 5.97. The van der Waals surface area contributed by atoms with Crippen LogP contribution in [-0.2, 0) is 16.1 Å². The van der Waals surface area contributed by atoms with E-state index in [1.54, 1.807) is 17.0 Å². The van der Waals surface area contributed by atoms with Crippen LogP contribution in [0.15, 0.2) is 48.5 Å². The lowest BCUT2D eigenvalue weighted by atomic mass is 10.1. The Labute approximate surface area is 140 Å². The molecule has 5 heteroatoms. The molecule has 0 saturated carbocycles. The number of benzene rings is 2. The van der Waals surface area contributed by atoms with Gasteiger partial charge in [0.2, 0.25) is 0 Å². The molecule has 3 rings (SSSR count). The molecule has 0 spiro atoms. The molecule has 2 aromatic rings. The second-order valence-electron chi connectivity index (χ2n) is 5.57. The first-order valence-electron chi connectivity index (χ1n) is 7.97. The summed E-state index contributed by atoms with van der Waals surface area (Å²) in [6.07, 6.45) is 0.794. The van der Waals surface area contributed by atoms with E-state index in [0.29, 0.717) is 24.5 Å². The number of carbonyl (C=O) groups excluding carboxylic acids is 2. The Kier molecular flexibility index (Phi) is 4.79. The molecular weight excluding hydrogens is 306 g/mol. The van der Waals surface area contributed by atoms with Gasteiger partial charge in [0.25, 0.3) is 5.91 Å². The summed E-state index contributed by atoms with van der Waals surface area (Å²) in [6.45, 7) is 2.84. The summed E-state index contributed by atoms with van der Waals surface area (Å²) in [4.78, 5) is 25.7. The summed E-state index contributed by atoms with van der Waals surface area (Å²) in [5, 5.41) is 0. The third-order valence-corrected chi connectivity index (χ3v) is 3.78. The molecule has 1 aliphatic rings. The minimum Gasteiger partial charge on any atom is -0.482 e. The van der Waals surface area contributed by atoms with Crippen molar-refractivity contribution in [3.05, 3.63) is 59.7 Å². The minimum absolute atomic E-state index is 0.0401. The van der Waals surface area contributed by atoms with Gasteiger partial charge in [0.05, 0.1) is 24.4 Å². The molecule has 24 heavy (non-hydrogen) atoms. The van der Waals surface area contributed by atoms with Crippen LogP contribution >= 0.6 is 0 Å². The minimum atomic E-state index is -0.323. The molecule has 1 amide bonds. The van der Waals surface area contributed by atoms with E-state index < -0.39 is 0 Å². The van der Waals surface area contributed by atoms with Crippen LogP contribution in [0.2, 0.25) is 0 Å². The van der Waals surface area contributed by atoms with Crippen LogP contribution in [0.1, 0.15) is 29.3 Å². The van der Waals surface area contributed by atoms with Gasteiger partial charge in [-0.2, -0.15) is 0 Å². The zero-order valence-corrected chi connectivity index (χ0v) is 13.5. The highest BCUT2D eigenvalue weighted by atomic mass is 16.5. The lowest BCUT2D eigenvalue weighted by Gasteiger charge is -2.29. The van der Waals surface area contributed by atoms with E-state index in [-0.39, 0.29) is 18.5 Å². The average molecular weight is 325 g/mol. The summed E-state index contributed by atoms with van der Waals surface area (Å²) in [7, 11) is 0. The zero-order chi connectivity index (χ0) is 16.9. The fourth-order valence-electron chi connectivity index (χ4n) is 2.53. The molecule has 0 bridgehead atoms. The van der Waals surface area contributed by atoms with Crippen molar-refractivity contribution in [2.75, 3.05) is 18.1 Å². The maximum Gasteiger partial charge on any atom is 0.338 e. The van der Waals surface area contributed by atoms with Gasteiger partial charge in [-0.25, -0.2) is 4.79 Å². The first kappa shape index (κ1) is 16.1. The highest BCUT2D eigenvalue weighted by Gasteiger charge is 2.25. The molecule has 124 valence electrons. The standard InChI is InChI=1S/C19H19NO4/c1-2-11-23-19(22)15-9-7-14(8-10-15)12-20-16-5-3-4-6-17(16)24-13-18(20)21/h3-10H,2,11-13H2,1H3. The number of ether oxygens (including phenoxy) is 2. The molecule has 0 saturated heterocycles. The fourth-order valence-corrected chi connectivity index (χ4v) is 2.53. The second-order valence-corrected chi connectivity index (χ2v) is 5.57. The summed E-state index contributed by atoms with van der Waals surface area (Å²) in [5.41, 5.74) is 2.22. The Bertz CT molecular complexity index is 739. The SMILES string of the molecule is CCCOC(=O)c1ccc(CN2C(=O)COc3ccccc32)cc1. The van der Waals surface area contributed by atoms with Crippen molar-refractivity contribution in [1.29, 1.82) is 0 Å². The van der Waals surface area contributed by atoms with Crippen molar-refractivity contribution in [1.82, 2.24) is 0 Å². The topological polar surface area (TPSA) is 55.8 Å². The number of esters is 1. The van der Waals surface area contributed by atoms with E-state index in [0.717, 1.165) is 17.7 Å². The largest absolute Gasteiger partial charge is 0.482 e. The molecule has 0 N–H and O–H groups in total. The van der Waals surface area contributed by atoms with Crippen LogP contribution in [0.3, 0.4) is 0 Å². The quantitative estimate of drug-likeness (QED) is 0.792. The van der Waals surface area contributed by atoms with Gasteiger partial charge in [0, 0.05) is 0 Å². The van der Waals surface area contributed by atoms with Crippen LogP contribution in [-0.4, -0.2) is 25.1 Å². The third-order valence-electron chi connectivity index (χ3n) is 3.78. The maximum absolute atomic E-state index is 12.2. The first-order chi connectivity index (χ1) is 11.7. The van der Waals surface area contributed by atoms with Crippen molar-refractivity contribution in [3.63, 3.8) is 0 Å². The average Bonchev–Trinajstić information content (AvgIpc) is 2.62. The van der Waals surface area contributed by atoms with Gasteiger partial charge < -0.3 is 14.4 Å². The highest BCUT2D eigenvalue weighted by Crippen LogP contribution is 2.32. The van der Waals surface area contributed by atoms with Gasteiger partial charge in [-0.3, -0.25) is 4.79 Å². The van der Waals surface area contributed by atoms with Gasteiger partial charge in [-0.05, 0) is 36.2 Å². The van der Waals surface area contributed by atoms with Crippen molar-refractivity contribution >= 4 is 17.6 Å². The Morgan fingerprint density at radius 2 is 1.92 bits per heavy atom. The molecular formula is C19H19NO4. The zero-order valence-electron chi connectivity index (χ0n) is 13.5. The third kappa shape index (κ3) is 3.40. The predicted molar refractivity (Wildman–Crippen MR) is 90.1 cm³/mol. The molecule has 1 heterocycles. The van der Waals surface area contributed by atoms with Gasteiger partial charge in [-0.15, -0.1) is 0 Å². The first-order valence-corrected chi connectivity index (χ1v) is 7.97. The lowest BCUT2D eigenvalue weighted by Crippen LogP contribution is -2.38. The number of carbonyl (C=O) groups is 2. The van der Waals surface area contributed by atoms with Gasteiger partial charge in [0.15, 0.2) is 6.61 Å². The van der Waals surface area contributed by atoms with Gasteiger partial charge in [-0.1, -0.05) is 31.2 Å². The number of para-hydroxylation sites is 2. The van der Waals surface area contributed by atoms with Crippen molar-refractivity contribution in [2.24, 2.45) is 0 Å². The normalized spacial score (nSPS) is 13.2. The van der Waals surface area contributed by atoms with Crippen LogP contribution < -0.4 is 9.64 Å². The number of hydrogen-bond donors (Lipinski definition) is 0. The number of nitrogens with zero attached hydrogens (tertiary/aromatic N) is 1. The second kappa shape index (κ2) is 7.17. The number of anilines is 1. The van der Waals surface area contributed by atoms with E-state index in [1.165, 1.54) is 0 Å². The maximum atomic E-state index is 12.2. The molecule has 0 aromatic heterocycles. The smallest absolute Gasteiger partial charge is 0.338 e. The lowest BCUT2D eigenvalue weighted by molar-refractivity contribution is -0.121. The number of rotatable bonds is 5. The fraction of sp³-hybridized carbons (Fsp3) is 0.263. The molecule has 0 fully saturated rings. The van der Waals surface area contributed by atoms with Crippen LogP contribution in [0.5, 0.6) is 5.75 Å². The summed E-state index contributed by atoms with van der Waals surface area (Å²) >= 11 is 0. The van der Waals surface area contributed by atoms with E-state index in [9.17, 15) is 9.59 Å². The summed E-state index contributed by atoms with van der Waals surface area (Å²) in [5.74, 6) is 0.299. The van der Waals surface area contributed by atoms with E-state index in [2.05, 4.69) is 0 Å². The Morgan fingerprint density at radius 3 is 2.67 bits per heavy atom. The molecule has 1 aliphatic heterocycles. The summed E-state index contributed by atoms with van der Waals surface area (Å²) in [6, 6.07) is 14.6.